The van der Waals surface area contributed by atoms with Crippen LogP contribution in [0.25, 0.3) is 11.3 Å². The van der Waals surface area contributed by atoms with Crippen LogP contribution in [0, 0.1) is 15.2 Å². The third kappa shape index (κ3) is 5.90. The molecule has 0 bridgehead atoms. The minimum atomic E-state index is -0.657. The fourth-order valence-corrected chi connectivity index (χ4v) is 5.03. The number of likely N-dealkylation sites (N-methyl/N-ethyl adjacent to an activating group) is 2. The van der Waals surface area contributed by atoms with Gasteiger partial charge in [-0.3, -0.25) is 9.79 Å². The number of amides is 1. The second kappa shape index (κ2) is 11.8. The van der Waals surface area contributed by atoms with Gasteiger partial charge >= 0.3 is 0 Å². The van der Waals surface area contributed by atoms with E-state index >= 15 is 0 Å². The summed E-state index contributed by atoms with van der Waals surface area (Å²) < 4.78 is 30.5. The van der Waals surface area contributed by atoms with Crippen LogP contribution in [0.1, 0.15) is 27.0 Å². The first-order valence-corrected chi connectivity index (χ1v) is 13.9. The van der Waals surface area contributed by atoms with E-state index in [1.165, 1.54) is 18.2 Å². The van der Waals surface area contributed by atoms with E-state index < -0.39 is 11.6 Å². The Hall–Kier alpha value is -3.70. The van der Waals surface area contributed by atoms with Gasteiger partial charge in [-0.2, -0.15) is 0 Å². The Labute approximate surface area is 245 Å². The maximum absolute atomic E-state index is 14.8. The minimum absolute atomic E-state index is 0.0371. The smallest absolute Gasteiger partial charge is 0.253 e. The van der Waals surface area contributed by atoms with Crippen LogP contribution in [0.15, 0.2) is 77.8 Å². The number of hydrogen-bond donors (Lipinski definition) is 1. The minimum Gasteiger partial charge on any atom is -0.340 e. The predicted octanol–water partition coefficient (Wildman–Crippen LogP) is 6.36. The van der Waals surface area contributed by atoms with E-state index in [2.05, 4.69) is 32.9 Å². The molecule has 9 heteroatoms. The summed E-state index contributed by atoms with van der Waals surface area (Å²) >= 11 is 2.18. The first kappa shape index (κ1) is 27.9. The summed E-state index contributed by atoms with van der Waals surface area (Å²) in [4.78, 5) is 26.0. The van der Waals surface area contributed by atoms with E-state index in [4.69, 9.17) is 4.98 Å². The zero-order valence-electron chi connectivity index (χ0n) is 22.4. The molecular formula is C31H28F2IN5O. The van der Waals surface area contributed by atoms with Gasteiger partial charge < -0.3 is 15.1 Å². The zero-order chi connectivity index (χ0) is 28.4. The van der Waals surface area contributed by atoms with E-state index in [-0.39, 0.29) is 23.7 Å². The van der Waals surface area contributed by atoms with Gasteiger partial charge in [-0.25, -0.2) is 13.8 Å². The van der Waals surface area contributed by atoms with E-state index in [1.807, 2.05) is 61.5 Å². The number of carbonyl (C=O) groups excluding carboxylic acids is 1. The summed E-state index contributed by atoms with van der Waals surface area (Å²) in [5.74, 6) is -0.748. The van der Waals surface area contributed by atoms with E-state index in [0.29, 0.717) is 29.2 Å². The average Bonchev–Trinajstić information content (AvgIpc) is 3.08. The number of anilines is 2. The molecule has 0 unspecified atom stereocenters. The lowest BCUT2D eigenvalue weighted by Gasteiger charge is -2.20. The number of hydrogen-bond acceptors (Lipinski definition) is 5. The standard InChI is InChI=1S/C31H28F2IN5O/c1-38(2)15-16-39(3)31(40)19-7-11-22(12-8-19)36-27-14-9-20-18-35-30(28-25(32)5-4-6-26(28)33)24-17-21(34)10-13-23(24)29(20)37-27/h4-14,17H,15-16,18H2,1-3H3,(H,36,37). The summed E-state index contributed by atoms with van der Waals surface area (Å²) in [5.41, 5.74) is 4.44. The van der Waals surface area contributed by atoms with Crippen LogP contribution in [0.3, 0.4) is 0 Å². The Balaban J connectivity index is 1.43. The molecule has 1 amide bonds. The Kier molecular flexibility index (Phi) is 8.22. The molecular weight excluding hydrogens is 623 g/mol. The number of fused-ring (bicyclic) bond motifs is 3. The van der Waals surface area contributed by atoms with Gasteiger partial charge in [-0.1, -0.05) is 18.2 Å². The average molecular weight is 651 g/mol. The fourth-order valence-electron chi connectivity index (χ4n) is 4.54. The Morgan fingerprint density at radius 2 is 1.65 bits per heavy atom. The van der Waals surface area contributed by atoms with Crippen molar-refractivity contribution in [1.82, 2.24) is 14.8 Å². The van der Waals surface area contributed by atoms with Crippen LogP contribution in [-0.2, 0) is 6.54 Å². The topological polar surface area (TPSA) is 60.8 Å². The first-order valence-electron chi connectivity index (χ1n) is 12.8. The number of aromatic nitrogens is 1. The maximum Gasteiger partial charge on any atom is 0.253 e. The molecule has 0 spiro atoms. The van der Waals surface area contributed by atoms with E-state index in [9.17, 15) is 13.6 Å². The molecule has 0 atom stereocenters. The lowest BCUT2D eigenvalue weighted by atomic mass is 9.94. The molecule has 0 saturated carbocycles. The van der Waals surface area contributed by atoms with Crippen molar-refractivity contribution in [1.29, 1.82) is 0 Å². The number of halogens is 3. The van der Waals surface area contributed by atoms with Crippen molar-refractivity contribution in [2.75, 3.05) is 39.5 Å². The first-order chi connectivity index (χ1) is 19.2. The highest BCUT2D eigenvalue weighted by molar-refractivity contribution is 14.1. The highest BCUT2D eigenvalue weighted by Gasteiger charge is 2.25. The molecule has 1 N–H and O–H groups in total. The van der Waals surface area contributed by atoms with Crippen LogP contribution in [-0.4, -0.2) is 60.6 Å². The lowest BCUT2D eigenvalue weighted by molar-refractivity contribution is 0.0786. The molecule has 2 heterocycles. The number of nitrogens with one attached hydrogen (secondary N) is 1. The lowest BCUT2D eigenvalue weighted by Crippen LogP contribution is -2.33. The second-order valence-electron chi connectivity index (χ2n) is 9.89. The molecule has 1 aliphatic heterocycles. The quantitative estimate of drug-likeness (QED) is 0.237. The molecule has 4 aromatic rings. The van der Waals surface area contributed by atoms with Crippen molar-refractivity contribution in [3.63, 3.8) is 0 Å². The fraction of sp³-hybridized carbons (Fsp3) is 0.194. The van der Waals surface area contributed by atoms with E-state index in [1.54, 1.807) is 24.1 Å². The summed E-state index contributed by atoms with van der Waals surface area (Å²) in [6.45, 7) is 1.66. The molecule has 0 radical (unpaired) electrons. The van der Waals surface area contributed by atoms with Crippen molar-refractivity contribution < 1.29 is 13.6 Å². The maximum atomic E-state index is 14.8. The summed E-state index contributed by atoms with van der Waals surface area (Å²) in [5, 5.41) is 3.31. The highest BCUT2D eigenvalue weighted by Crippen LogP contribution is 2.34. The van der Waals surface area contributed by atoms with Crippen LogP contribution in [0.5, 0.6) is 0 Å². The number of nitrogens with zero attached hydrogens (tertiary/aromatic N) is 4. The van der Waals surface area contributed by atoms with Crippen molar-refractivity contribution in [2.45, 2.75) is 6.54 Å². The summed E-state index contributed by atoms with van der Waals surface area (Å²) in [6, 6.07) is 20.6. The van der Waals surface area contributed by atoms with Gasteiger partial charge in [0.15, 0.2) is 0 Å². The Morgan fingerprint density at radius 1 is 0.925 bits per heavy atom. The van der Waals surface area contributed by atoms with Crippen LogP contribution < -0.4 is 5.32 Å². The third-order valence-electron chi connectivity index (χ3n) is 6.71. The molecule has 3 aromatic carbocycles. The Bertz CT molecular complexity index is 1580. The number of pyridine rings is 1. The van der Waals surface area contributed by atoms with Gasteiger partial charge in [-0.05, 0) is 91.3 Å². The van der Waals surface area contributed by atoms with Gasteiger partial charge in [0.2, 0.25) is 0 Å². The normalized spacial score (nSPS) is 12.3. The molecule has 1 aliphatic rings. The molecule has 204 valence electrons. The largest absolute Gasteiger partial charge is 0.340 e. The highest BCUT2D eigenvalue weighted by atomic mass is 127. The van der Waals surface area contributed by atoms with Gasteiger partial charge in [0.25, 0.3) is 5.91 Å². The van der Waals surface area contributed by atoms with Gasteiger partial charge in [0.05, 0.1) is 23.5 Å². The van der Waals surface area contributed by atoms with Crippen molar-refractivity contribution in [2.24, 2.45) is 4.99 Å². The number of carbonyl (C=O) groups is 1. The van der Waals surface area contributed by atoms with Gasteiger partial charge in [0.1, 0.15) is 17.5 Å². The van der Waals surface area contributed by atoms with Gasteiger partial charge in [-0.15, -0.1) is 0 Å². The van der Waals surface area contributed by atoms with Crippen molar-refractivity contribution >= 4 is 45.7 Å². The predicted molar refractivity (Wildman–Crippen MR) is 163 cm³/mol. The van der Waals surface area contributed by atoms with Crippen LogP contribution in [0.4, 0.5) is 20.3 Å². The summed E-state index contributed by atoms with van der Waals surface area (Å²) in [6.07, 6.45) is 0. The van der Waals surface area contributed by atoms with Crippen molar-refractivity contribution in [3.05, 3.63) is 110 Å². The Morgan fingerprint density at radius 3 is 2.35 bits per heavy atom. The number of benzene rings is 3. The SMILES string of the molecule is CN(C)CCN(C)C(=O)c1ccc(Nc2ccc3c(n2)-c2ccc(I)cc2C(c2c(F)cccc2F)=NC3)cc1. The molecule has 5 rings (SSSR count). The molecule has 6 nitrogen and oxygen atoms in total. The molecule has 1 aromatic heterocycles. The van der Waals surface area contributed by atoms with Crippen molar-refractivity contribution in [3.8, 4) is 11.3 Å². The van der Waals surface area contributed by atoms with E-state index in [0.717, 1.165) is 26.9 Å². The molecule has 0 aliphatic carbocycles. The van der Waals surface area contributed by atoms with Crippen LogP contribution >= 0.6 is 22.6 Å². The number of aliphatic imine (C=N–C) groups is 1. The van der Waals surface area contributed by atoms with Gasteiger partial charge in [0, 0.05) is 51.6 Å². The second-order valence-corrected chi connectivity index (χ2v) is 11.1. The molecule has 0 saturated heterocycles. The number of rotatable bonds is 7. The molecule has 0 fully saturated rings. The zero-order valence-corrected chi connectivity index (χ0v) is 24.5. The van der Waals surface area contributed by atoms with Crippen LogP contribution in [0.2, 0.25) is 0 Å². The summed E-state index contributed by atoms with van der Waals surface area (Å²) in [7, 11) is 5.75. The molecule has 40 heavy (non-hydrogen) atoms. The third-order valence-corrected chi connectivity index (χ3v) is 7.38. The monoisotopic (exact) mass is 651 g/mol.